The number of pyridine rings is 1. The van der Waals surface area contributed by atoms with Crippen LogP contribution in [0.5, 0.6) is 0 Å². The highest BCUT2D eigenvalue weighted by atomic mass is 32.2. The number of rotatable bonds is 7. The van der Waals surface area contributed by atoms with Crippen LogP contribution in [0.15, 0.2) is 59.6 Å². The first kappa shape index (κ1) is 23.3. The van der Waals surface area contributed by atoms with Crippen LogP contribution in [0.3, 0.4) is 0 Å². The summed E-state index contributed by atoms with van der Waals surface area (Å²) < 4.78 is 55.9. The molecule has 174 valence electrons. The predicted molar refractivity (Wildman–Crippen MR) is 121 cm³/mol. The van der Waals surface area contributed by atoms with Crippen molar-refractivity contribution >= 4 is 26.8 Å². The summed E-state index contributed by atoms with van der Waals surface area (Å²) in [6.07, 6.45) is 4.11. The third-order valence-electron chi connectivity index (χ3n) is 6.17. The number of amides is 1. The van der Waals surface area contributed by atoms with E-state index >= 15 is 0 Å². The molecular weight excluding hydrogens is 448 g/mol. The minimum absolute atomic E-state index is 0.107. The molecule has 1 aliphatic carbocycles. The number of nitrogens with zero attached hydrogens (tertiary/aromatic N) is 1. The number of nitrogens with one attached hydrogen (secondary N) is 2. The van der Waals surface area contributed by atoms with Gasteiger partial charge in [0, 0.05) is 36.2 Å². The number of aromatic nitrogens is 1. The Morgan fingerprint density at radius 3 is 2.36 bits per heavy atom. The second-order valence-electron chi connectivity index (χ2n) is 8.32. The molecule has 0 unspecified atom stereocenters. The lowest BCUT2D eigenvalue weighted by atomic mass is 9.81. The average molecular weight is 474 g/mol. The van der Waals surface area contributed by atoms with Crippen molar-refractivity contribution in [1.29, 1.82) is 0 Å². The zero-order chi connectivity index (χ0) is 23.4. The number of halogens is 2. The van der Waals surface area contributed by atoms with Crippen LogP contribution < -0.4 is 10.0 Å². The summed E-state index contributed by atoms with van der Waals surface area (Å²) in [6.45, 7) is 0.0798. The average Bonchev–Trinajstić information content (AvgIpc) is 2.82. The quantitative estimate of drug-likeness (QED) is 0.545. The van der Waals surface area contributed by atoms with E-state index in [1.807, 2.05) is 12.1 Å². The Morgan fingerprint density at radius 1 is 0.970 bits per heavy atom. The Morgan fingerprint density at radius 2 is 1.64 bits per heavy atom. The van der Waals surface area contributed by atoms with Crippen molar-refractivity contribution in [2.75, 3.05) is 6.54 Å². The van der Waals surface area contributed by atoms with E-state index in [9.17, 15) is 22.0 Å². The highest BCUT2D eigenvalue weighted by Gasteiger charge is 2.28. The van der Waals surface area contributed by atoms with Gasteiger partial charge in [-0.25, -0.2) is 21.9 Å². The SMILES string of the molecule is O=C(NCc1c(F)cccc1F)C1CCC(CNS(=O)(=O)c2cccc3cccnc23)CC1. The van der Waals surface area contributed by atoms with E-state index in [0.29, 0.717) is 31.2 Å². The Kier molecular flexibility index (Phi) is 6.99. The summed E-state index contributed by atoms with van der Waals surface area (Å²) in [5.41, 5.74) is 0.274. The third-order valence-corrected chi connectivity index (χ3v) is 7.62. The minimum atomic E-state index is -3.73. The van der Waals surface area contributed by atoms with Crippen LogP contribution in [0.25, 0.3) is 10.9 Å². The number of hydrogen-bond donors (Lipinski definition) is 2. The maximum Gasteiger partial charge on any atom is 0.242 e. The molecule has 1 aliphatic rings. The topological polar surface area (TPSA) is 88.2 Å². The number of para-hydroxylation sites is 1. The van der Waals surface area contributed by atoms with E-state index in [0.717, 1.165) is 17.5 Å². The van der Waals surface area contributed by atoms with Crippen molar-refractivity contribution in [1.82, 2.24) is 15.0 Å². The standard InChI is InChI=1S/C24H25F2N3O3S/c25-20-6-2-7-21(26)19(20)15-28-24(30)18-11-9-16(10-12-18)14-29-33(31,32)22-8-1-4-17-5-3-13-27-23(17)22/h1-8,13,16,18,29H,9-12,14-15H2,(H,28,30). The number of carbonyl (C=O) groups is 1. The number of fused-ring (bicyclic) bond motifs is 1. The minimum Gasteiger partial charge on any atom is -0.352 e. The van der Waals surface area contributed by atoms with Gasteiger partial charge in [-0.15, -0.1) is 0 Å². The zero-order valence-electron chi connectivity index (χ0n) is 17.9. The van der Waals surface area contributed by atoms with E-state index < -0.39 is 21.7 Å². The van der Waals surface area contributed by atoms with Gasteiger partial charge >= 0.3 is 0 Å². The van der Waals surface area contributed by atoms with E-state index in [1.54, 1.807) is 18.3 Å². The lowest BCUT2D eigenvalue weighted by molar-refractivity contribution is -0.126. The highest BCUT2D eigenvalue weighted by molar-refractivity contribution is 7.89. The van der Waals surface area contributed by atoms with Crippen LogP contribution in [0, 0.1) is 23.5 Å². The van der Waals surface area contributed by atoms with Gasteiger partial charge in [-0.05, 0) is 55.9 Å². The molecule has 9 heteroatoms. The van der Waals surface area contributed by atoms with Crippen molar-refractivity contribution in [2.24, 2.45) is 11.8 Å². The van der Waals surface area contributed by atoms with E-state index in [2.05, 4.69) is 15.0 Å². The molecule has 1 amide bonds. The van der Waals surface area contributed by atoms with E-state index in [4.69, 9.17) is 0 Å². The lowest BCUT2D eigenvalue weighted by Gasteiger charge is -2.28. The largest absolute Gasteiger partial charge is 0.352 e. The van der Waals surface area contributed by atoms with E-state index in [-0.39, 0.29) is 41.3 Å². The van der Waals surface area contributed by atoms with Gasteiger partial charge in [0.1, 0.15) is 16.5 Å². The molecule has 1 heterocycles. The van der Waals surface area contributed by atoms with Crippen LogP contribution in [0.4, 0.5) is 8.78 Å². The Balaban J connectivity index is 1.29. The summed E-state index contributed by atoms with van der Waals surface area (Å²) >= 11 is 0. The number of carbonyl (C=O) groups excluding carboxylic acids is 1. The molecule has 0 radical (unpaired) electrons. The van der Waals surface area contributed by atoms with Gasteiger partial charge in [0.2, 0.25) is 15.9 Å². The van der Waals surface area contributed by atoms with Gasteiger partial charge < -0.3 is 5.32 Å². The van der Waals surface area contributed by atoms with Crippen LogP contribution in [0.1, 0.15) is 31.2 Å². The van der Waals surface area contributed by atoms with Crippen molar-refractivity contribution in [3.63, 3.8) is 0 Å². The first-order valence-corrected chi connectivity index (χ1v) is 12.4. The van der Waals surface area contributed by atoms with Gasteiger partial charge in [0.25, 0.3) is 0 Å². The molecule has 1 saturated carbocycles. The molecule has 4 rings (SSSR count). The monoisotopic (exact) mass is 473 g/mol. The first-order valence-electron chi connectivity index (χ1n) is 10.9. The summed E-state index contributed by atoms with van der Waals surface area (Å²) in [5, 5.41) is 3.37. The van der Waals surface area contributed by atoms with Gasteiger partial charge in [-0.3, -0.25) is 9.78 Å². The van der Waals surface area contributed by atoms with Crippen molar-refractivity contribution in [3.05, 3.63) is 71.9 Å². The summed E-state index contributed by atoms with van der Waals surface area (Å²) in [7, 11) is -3.73. The number of hydrogen-bond acceptors (Lipinski definition) is 4. The lowest BCUT2D eigenvalue weighted by Crippen LogP contribution is -2.36. The van der Waals surface area contributed by atoms with Crippen LogP contribution >= 0.6 is 0 Å². The van der Waals surface area contributed by atoms with E-state index in [1.165, 1.54) is 12.1 Å². The molecule has 33 heavy (non-hydrogen) atoms. The van der Waals surface area contributed by atoms with Crippen molar-refractivity contribution in [2.45, 2.75) is 37.1 Å². The number of sulfonamides is 1. The van der Waals surface area contributed by atoms with Gasteiger partial charge in [0.15, 0.2) is 0 Å². The van der Waals surface area contributed by atoms with Gasteiger partial charge in [-0.1, -0.05) is 24.3 Å². The summed E-state index contributed by atoms with van der Waals surface area (Å²) in [6, 6.07) is 12.2. The Hall–Kier alpha value is -2.91. The van der Waals surface area contributed by atoms with Crippen LogP contribution in [-0.2, 0) is 21.4 Å². The maximum atomic E-state index is 13.7. The maximum absolute atomic E-state index is 13.7. The van der Waals surface area contributed by atoms with Gasteiger partial charge in [-0.2, -0.15) is 0 Å². The smallest absolute Gasteiger partial charge is 0.242 e. The number of benzene rings is 2. The normalized spacial score (nSPS) is 18.8. The Labute approximate surface area is 191 Å². The molecule has 1 fully saturated rings. The second kappa shape index (κ2) is 9.93. The highest BCUT2D eigenvalue weighted by Crippen LogP contribution is 2.29. The molecule has 0 bridgehead atoms. The zero-order valence-corrected chi connectivity index (χ0v) is 18.7. The third kappa shape index (κ3) is 5.36. The predicted octanol–water partition coefficient (Wildman–Crippen LogP) is 3.91. The van der Waals surface area contributed by atoms with Crippen molar-refractivity contribution < 1.29 is 22.0 Å². The first-order chi connectivity index (χ1) is 15.8. The summed E-state index contributed by atoms with van der Waals surface area (Å²) in [4.78, 5) is 16.8. The molecule has 3 aromatic rings. The summed E-state index contributed by atoms with van der Waals surface area (Å²) in [5.74, 6) is -1.76. The second-order valence-corrected chi connectivity index (χ2v) is 10.1. The molecular formula is C24H25F2N3O3S. The fraction of sp³-hybridized carbons (Fsp3) is 0.333. The van der Waals surface area contributed by atoms with Crippen LogP contribution in [0.2, 0.25) is 0 Å². The van der Waals surface area contributed by atoms with Gasteiger partial charge in [0.05, 0.1) is 5.52 Å². The molecule has 1 aromatic heterocycles. The molecule has 6 nitrogen and oxygen atoms in total. The van der Waals surface area contributed by atoms with Crippen LogP contribution in [-0.4, -0.2) is 25.9 Å². The fourth-order valence-electron chi connectivity index (χ4n) is 4.25. The fourth-order valence-corrected chi connectivity index (χ4v) is 5.54. The molecule has 0 spiro atoms. The molecule has 2 N–H and O–H groups in total. The Bertz CT molecular complexity index is 1230. The molecule has 0 aliphatic heterocycles. The molecule has 0 atom stereocenters. The molecule has 2 aromatic carbocycles. The molecule has 0 saturated heterocycles. The van der Waals surface area contributed by atoms with Crippen molar-refractivity contribution in [3.8, 4) is 0 Å².